The van der Waals surface area contributed by atoms with Crippen LogP contribution in [0.5, 0.6) is 5.75 Å². The number of aliphatic carboxylic acids is 1. The number of nitrogens with zero attached hydrogens (tertiary/aromatic N) is 1. The van der Waals surface area contributed by atoms with Gasteiger partial charge in [-0.1, -0.05) is 6.92 Å². The van der Waals surface area contributed by atoms with Crippen molar-refractivity contribution >= 4 is 28.9 Å². The van der Waals surface area contributed by atoms with Crippen molar-refractivity contribution in [1.29, 1.82) is 0 Å². The number of nitrogens with one attached hydrogen (secondary N) is 1. The molecule has 0 saturated heterocycles. The fourth-order valence-corrected chi connectivity index (χ4v) is 3.01. The van der Waals surface area contributed by atoms with Crippen LogP contribution in [0.4, 0.5) is 5.69 Å². The van der Waals surface area contributed by atoms with Crippen LogP contribution in [-0.4, -0.2) is 28.6 Å². The predicted octanol–water partition coefficient (Wildman–Crippen LogP) is 3.12. The third kappa shape index (κ3) is 4.79. The molecule has 23 heavy (non-hydrogen) atoms. The fourth-order valence-electron chi connectivity index (χ4n) is 1.95. The highest BCUT2D eigenvalue weighted by Gasteiger charge is 2.15. The zero-order valence-corrected chi connectivity index (χ0v) is 13.8. The van der Waals surface area contributed by atoms with Crippen molar-refractivity contribution in [1.82, 2.24) is 4.98 Å². The van der Waals surface area contributed by atoms with E-state index < -0.39 is 12.6 Å². The molecule has 0 aliphatic rings. The smallest absolute Gasteiger partial charge is 0.341 e. The van der Waals surface area contributed by atoms with Crippen molar-refractivity contribution in [2.45, 2.75) is 26.7 Å². The third-order valence-corrected chi connectivity index (χ3v) is 4.20. The van der Waals surface area contributed by atoms with Crippen LogP contribution in [-0.2, 0) is 11.2 Å². The minimum atomic E-state index is -1.04. The minimum absolute atomic E-state index is 0.193. The number of anilines is 1. The van der Waals surface area contributed by atoms with Crippen molar-refractivity contribution in [2.75, 3.05) is 11.9 Å². The lowest BCUT2D eigenvalue weighted by molar-refractivity contribution is -0.139. The van der Waals surface area contributed by atoms with Gasteiger partial charge in [0.05, 0.1) is 10.7 Å². The van der Waals surface area contributed by atoms with E-state index in [1.807, 2.05) is 6.92 Å². The van der Waals surface area contributed by atoms with E-state index >= 15 is 0 Å². The number of rotatable bonds is 7. The Balaban J connectivity index is 2.01. The van der Waals surface area contributed by atoms with E-state index in [0.717, 1.165) is 23.5 Å². The number of aromatic nitrogens is 1. The molecule has 6 nitrogen and oxygen atoms in total. The number of benzene rings is 1. The van der Waals surface area contributed by atoms with Crippen molar-refractivity contribution in [3.05, 3.63) is 39.8 Å². The van der Waals surface area contributed by atoms with Crippen molar-refractivity contribution in [3.63, 3.8) is 0 Å². The summed E-state index contributed by atoms with van der Waals surface area (Å²) in [5, 5.41) is 12.3. The quantitative estimate of drug-likeness (QED) is 0.812. The Morgan fingerprint density at radius 2 is 2.00 bits per heavy atom. The first kappa shape index (κ1) is 17.0. The van der Waals surface area contributed by atoms with Gasteiger partial charge in [-0.3, -0.25) is 4.79 Å². The van der Waals surface area contributed by atoms with Gasteiger partial charge in [-0.25, -0.2) is 9.78 Å². The molecule has 0 radical (unpaired) electrons. The molecular formula is C16H18N2O4S. The van der Waals surface area contributed by atoms with E-state index in [1.54, 1.807) is 24.3 Å². The van der Waals surface area contributed by atoms with Gasteiger partial charge in [0.15, 0.2) is 6.61 Å². The van der Waals surface area contributed by atoms with Crippen molar-refractivity contribution in [2.24, 2.45) is 0 Å². The second kappa shape index (κ2) is 7.73. The molecule has 0 aliphatic heterocycles. The number of amides is 1. The van der Waals surface area contributed by atoms with E-state index in [4.69, 9.17) is 9.84 Å². The molecule has 1 heterocycles. The summed E-state index contributed by atoms with van der Waals surface area (Å²) < 4.78 is 5.04. The van der Waals surface area contributed by atoms with Gasteiger partial charge < -0.3 is 15.2 Å². The van der Waals surface area contributed by atoms with E-state index in [0.29, 0.717) is 16.3 Å². The Kier molecular flexibility index (Phi) is 5.70. The first-order valence-corrected chi connectivity index (χ1v) is 8.03. The summed E-state index contributed by atoms with van der Waals surface area (Å²) in [6.45, 7) is 3.50. The molecule has 2 rings (SSSR count). The number of ether oxygens (including phenoxy) is 1. The average molecular weight is 334 g/mol. The topological polar surface area (TPSA) is 88.5 Å². The number of carbonyl (C=O) groups is 2. The summed E-state index contributed by atoms with van der Waals surface area (Å²) in [6, 6.07) is 6.55. The monoisotopic (exact) mass is 334 g/mol. The van der Waals surface area contributed by atoms with Crippen LogP contribution in [0.25, 0.3) is 0 Å². The number of aryl methyl sites for hydroxylation is 2. The molecule has 1 amide bonds. The van der Waals surface area contributed by atoms with Crippen molar-refractivity contribution in [3.8, 4) is 5.75 Å². The first-order chi connectivity index (χ1) is 11.0. The van der Waals surface area contributed by atoms with Crippen LogP contribution >= 0.6 is 11.3 Å². The third-order valence-electron chi connectivity index (χ3n) is 2.99. The van der Waals surface area contributed by atoms with E-state index in [2.05, 4.69) is 17.2 Å². The van der Waals surface area contributed by atoms with Crippen LogP contribution in [0, 0.1) is 6.92 Å². The number of carboxylic acids is 1. The molecule has 0 aliphatic carbocycles. The SMILES string of the molecule is CCCc1nc(C)c(C(=O)Nc2ccc(OCC(=O)O)cc2)s1. The molecule has 1 aromatic heterocycles. The van der Waals surface area contributed by atoms with Crippen LogP contribution in [0.2, 0.25) is 0 Å². The van der Waals surface area contributed by atoms with Gasteiger partial charge in [0.25, 0.3) is 5.91 Å². The summed E-state index contributed by atoms with van der Waals surface area (Å²) in [5.74, 6) is -0.794. The summed E-state index contributed by atoms with van der Waals surface area (Å²) >= 11 is 1.41. The first-order valence-electron chi connectivity index (χ1n) is 7.22. The Hall–Kier alpha value is -2.41. The van der Waals surface area contributed by atoms with E-state index in [1.165, 1.54) is 11.3 Å². The number of carbonyl (C=O) groups excluding carboxylic acids is 1. The standard InChI is InChI=1S/C16H18N2O4S/c1-3-4-13-17-10(2)15(23-13)16(21)18-11-5-7-12(8-6-11)22-9-14(19)20/h5-8H,3-4,9H2,1-2H3,(H,18,21)(H,19,20). The van der Waals surface area contributed by atoms with Crippen LogP contribution in [0.15, 0.2) is 24.3 Å². The molecule has 0 saturated carbocycles. The normalized spacial score (nSPS) is 10.3. The predicted molar refractivity (Wildman–Crippen MR) is 88.4 cm³/mol. The van der Waals surface area contributed by atoms with Crippen LogP contribution < -0.4 is 10.1 Å². The van der Waals surface area contributed by atoms with E-state index in [9.17, 15) is 9.59 Å². The summed E-state index contributed by atoms with van der Waals surface area (Å²) in [6.07, 6.45) is 1.86. The average Bonchev–Trinajstić information content (AvgIpc) is 2.87. The molecule has 0 unspecified atom stereocenters. The molecular weight excluding hydrogens is 316 g/mol. The molecule has 0 spiro atoms. The molecule has 2 N–H and O–H groups in total. The van der Waals surface area contributed by atoms with Gasteiger partial charge in [-0.05, 0) is 44.0 Å². The van der Waals surface area contributed by atoms with Crippen LogP contribution in [0.1, 0.15) is 33.7 Å². The van der Waals surface area contributed by atoms with Gasteiger partial charge in [-0.15, -0.1) is 11.3 Å². The lowest BCUT2D eigenvalue weighted by Gasteiger charge is -2.06. The lowest BCUT2D eigenvalue weighted by Crippen LogP contribution is -2.12. The zero-order valence-electron chi connectivity index (χ0n) is 13.0. The Morgan fingerprint density at radius 1 is 1.30 bits per heavy atom. The zero-order chi connectivity index (χ0) is 16.8. The highest BCUT2D eigenvalue weighted by molar-refractivity contribution is 7.13. The molecule has 0 bridgehead atoms. The summed E-state index contributed by atoms with van der Waals surface area (Å²) in [5.41, 5.74) is 1.35. The number of hydrogen-bond donors (Lipinski definition) is 2. The molecule has 2 aromatic rings. The Morgan fingerprint density at radius 3 is 2.61 bits per heavy atom. The second-order valence-corrected chi connectivity index (χ2v) is 6.02. The second-order valence-electron chi connectivity index (χ2n) is 4.93. The Bertz CT molecular complexity index is 695. The van der Waals surface area contributed by atoms with Crippen molar-refractivity contribution < 1.29 is 19.4 Å². The highest BCUT2D eigenvalue weighted by atomic mass is 32.1. The lowest BCUT2D eigenvalue weighted by atomic mass is 10.3. The van der Waals surface area contributed by atoms with Gasteiger partial charge in [0.2, 0.25) is 0 Å². The van der Waals surface area contributed by atoms with Gasteiger partial charge in [0, 0.05) is 5.69 Å². The van der Waals surface area contributed by atoms with Gasteiger partial charge >= 0.3 is 5.97 Å². The molecule has 122 valence electrons. The Labute approximate surface area is 138 Å². The van der Waals surface area contributed by atoms with Crippen LogP contribution in [0.3, 0.4) is 0 Å². The maximum atomic E-state index is 12.3. The molecule has 0 atom stereocenters. The summed E-state index contributed by atoms with van der Waals surface area (Å²) in [4.78, 5) is 27.7. The van der Waals surface area contributed by atoms with Gasteiger partial charge in [0.1, 0.15) is 10.6 Å². The maximum Gasteiger partial charge on any atom is 0.341 e. The molecule has 1 aromatic carbocycles. The van der Waals surface area contributed by atoms with E-state index in [-0.39, 0.29) is 5.91 Å². The maximum absolute atomic E-state index is 12.3. The minimum Gasteiger partial charge on any atom is -0.482 e. The number of thiazole rings is 1. The largest absolute Gasteiger partial charge is 0.482 e. The fraction of sp³-hybridized carbons (Fsp3) is 0.312. The highest BCUT2D eigenvalue weighted by Crippen LogP contribution is 2.22. The van der Waals surface area contributed by atoms with Gasteiger partial charge in [-0.2, -0.15) is 0 Å². The number of carboxylic acid groups (broad SMARTS) is 1. The summed E-state index contributed by atoms with van der Waals surface area (Å²) in [7, 11) is 0. The molecule has 7 heteroatoms. The number of hydrogen-bond acceptors (Lipinski definition) is 5. The molecule has 0 fully saturated rings.